The quantitative estimate of drug-likeness (QED) is 0.825. The van der Waals surface area contributed by atoms with Crippen LogP contribution in [0.15, 0.2) is 10.4 Å². The second kappa shape index (κ2) is 5.43. The monoisotopic (exact) mass is 319 g/mol. The number of hydrogen-bond donors (Lipinski definition) is 2. The Morgan fingerprint density at radius 1 is 1.47 bits per heavy atom. The Kier molecular flexibility index (Phi) is 4.24. The molecule has 1 aliphatic carbocycles. The lowest BCUT2D eigenvalue weighted by molar-refractivity contribution is 0.353. The zero-order valence-corrected chi connectivity index (χ0v) is 13.1. The smallest absolute Gasteiger partial charge is 0.252 e. The molecule has 106 valence electrons. The summed E-state index contributed by atoms with van der Waals surface area (Å²) in [4.78, 5) is 4.21. The largest absolute Gasteiger partial charge is 0.392 e. The molecule has 8 heteroatoms. The van der Waals surface area contributed by atoms with E-state index in [2.05, 4.69) is 9.71 Å². The van der Waals surface area contributed by atoms with Crippen LogP contribution in [0.2, 0.25) is 0 Å². The van der Waals surface area contributed by atoms with Crippen LogP contribution < -0.4 is 10.5 Å². The second-order valence-corrected chi connectivity index (χ2v) is 8.39. The maximum Gasteiger partial charge on any atom is 0.252 e. The van der Waals surface area contributed by atoms with Crippen molar-refractivity contribution in [3.8, 4) is 0 Å². The highest BCUT2D eigenvalue weighted by Crippen LogP contribution is 2.31. The van der Waals surface area contributed by atoms with E-state index in [1.807, 2.05) is 0 Å². The minimum atomic E-state index is -3.60. The number of nitrogens with one attached hydrogen (secondary N) is 1. The van der Waals surface area contributed by atoms with Gasteiger partial charge in [-0.1, -0.05) is 31.5 Å². The van der Waals surface area contributed by atoms with Gasteiger partial charge in [0.1, 0.15) is 0 Å². The van der Waals surface area contributed by atoms with Crippen molar-refractivity contribution in [2.75, 3.05) is 0 Å². The molecule has 0 spiro atoms. The van der Waals surface area contributed by atoms with Crippen LogP contribution in [0.25, 0.3) is 0 Å². The van der Waals surface area contributed by atoms with Gasteiger partial charge in [-0.25, -0.2) is 13.4 Å². The van der Waals surface area contributed by atoms with E-state index >= 15 is 0 Å². The molecular formula is C11H17N3O2S3. The van der Waals surface area contributed by atoms with Gasteiger partial charge in [0, 0.05) is 0 Å². The highest BCUT2D eigenvalue weighted by atomic mass is 32.2. The van der Waals surface area contributed by atoms with Crippen LogP contribution in [0.4, 0.5) is 0 Å². The number of aryl methyl sites for hydroxylation is 1. The van der Waals surface area contributed by atoms with Crippen molar-refractivity contribution in [2.45, 2.75) is 48.8 Å². The Morgan fingerprint density at radius 2 is 2.11 bits per heavy atom. The molecule has 19 heavy (non-hydrogen) atoms. The zero-order chi connectivity index (χ0) is 14.1. The SMILES string of the molecule is Cc1ncc(S(=O)(=O)NC2(C(N)=S)CCCCC2)s1. The third-order valence-electron chi connectivity index (χ3n) is 3.37. The molecule has 0 radical (unpaired) electrons. The van der Waals surface area contributed by atoms with Gasteiger partial charge in [-0.2, -0.15) is 4.72 Å². The molecule has 1 aliphatic rings. The predicted octanol–water partition coefficient (Wildman–Crippen LogP) is 1.72. The van der Waals surface area contributed by atoms with Gasteiger partial charge in [0.2, 0.25) is 0 Å². The molecule has 1 fully saturated rings. The molecule has 1 aromatic heterocycles. The molecule has 3 N–H and O–H groups in total. The Labute approximate surface area is 122 Å². The van der Waals surface area contributed by atoms with Crippen LogP contribution in [0, 0.1) is 6.92 Å². The summed E-state index contributed by atoms with van der Waals surface area (Å²) < 4.78 is 27.7. The van der Waals surface area contributed by atoms with E-state index in [9.17, 15) is 8.42 Å². The van der Waals surface area contributed by atoms with Crippen molar-refractivity contribution in [1.82, 2.24) is 9.71 Å². The minimum Gasteiger partial charge on any atom is -0.392 e. The average molecular weight is 319 g/mol. The maximum absolute atomic E-state index is 12.4. The average Bonchev–Trinajstić information content (AvgIpc) is 2.77. The van der Waals surface area contributed by atoms with Crippen molar-refractivity contribution >= 4 is 38.6 Å². The number of rotatable bonds is 4. The van der Waals surface area contributed by atoms with Crippen LogP contribution in [-0.2, 0) is 10.0 Å². The first-order chi connectivity index (χ1) is 8.86. The summed E-state index contributed by atoms with van der Waals surface area (Å²) in [6, 6.07) is 0. The molecule has 0 saturated heterocycles. The Hall–Kier alpha value is -0.570. The molecular weight excluding hydrogens is 302 g/mol. The lowest BCUT2D eigenvalue weighted by Crippen LogP contribution is -2.57. The van der Waals surface area contributed by atoms with Crippen molar-refractivity contribution in [3.63, 3.8) is 0 Å². The molecule has 0 atom stereocenters. The molecule has 0 amide bonds. The number of thiazole rings is 1. The number of nitrogens with zero attached hydrogens (tertiary/aromatic N) is 1. The molecule has 1 heterocycles. The summed E-state index contributed by atoms with van der Waals surface area (Å²) in [6.45, 7) is 1.77. The van der Waals surface area contributed by atoms with Crippen LogP contribution in [-0.4, -0.2) is 23.9 Å². The van der Waals surface area contributed by atoms with Gasteiger partial charge in [-0.05, 0) is 19.8 Å². The van der Waals surface area contributed by atoms with Gasteiger partial charge in [0.05, 0.1) is 21.7 Å². The lowest BCUT2D eigenvalue weighted by Gasteiger charge is -2.36. The van der Waals surface area contributed by atoms with Gasteiger partial charge >= 0.3 is 0 Å². The topological polar surface area (TPSA) is 85.1 Å². The van der Waals surface area contributed by atoms with Gasteiger partial charge in [0.15, 0.2) is 4.21 Å². The molecule has 0 bridgehead atoms. The zero-order valence-electron chi connectivity index (χ0n) is 10.7. The molecule has 2 rings (SSSR count). The summed E-state index contributed by atoms with van der Waals surface area (Å²) in [5.74, 6) is 0. The van der Waals surface area contributed by atoms with Crippen molar-refractivity contribution < 1.29 is 8.42 Å². The van der Waals surface area contributed by atoms with Gasteiger partial charge in [-0.3, -0.25) is 0 Å². The van der Waals surface area contributed by atoms with E-state index in [4.69, 9.17) is 18.0 Å². The summed E-state index contributed by atoms with van der Waals surface area (Å²) in [5, 5.41) is 0.716. The molecule has 0 aromatic carbocycles. The van der Waals surface area contributed by atoms with E-state index in [1.54, 1.807) is 6.92 Å². The first kappa shape index (κ1) is 14.8. The molecule has 1 aromatic rings. The van der Waals surface area contributed by atoms with Crippen LogP contribution in [0.5, 0.6) is 0 Å². The Balaban J connectivity index is 2.29. The number of sulfonamides is 1. The summed E-state index contributed by atoms with van der Waals surface area (Å²) in [7, 11) is -3.60. The number of thiocarbonyl (C=S) groups is 1. The van der Waals surface area contributed by atoms with Crippen LogP contribution in [0.3, 0.4) is 0 Å². The number of nitrogens with two attached hydrogens (primary N) is 1. The van der Waals surface area contributed by atoms with E-state index in [-0.39, 0.29) is 9.20 Å². The van der Waals surface area contributed by atoms with E-state index in [0.717, 1.165) is 30.6 Å². The van der Waals surface area contributed by atoms with E-state index in [1.165, 1.54) is 6.20 Å². The fraction of sp³-hybridized carbons (Fsp3) is 0.636. The summed E-state index contributed by atoms with van der Waals surface area (Å²) in [6.07, 6.45) is 5.66. The van der Waals surface area contributed by atoms with Gasteiger partial charge in [-0.15, -0.1) is 11.3 Å². The standard InChI is InChI=1S/C11H17N3O2S3/c1-8-13-7-9(18-8)19(15,16)14-11(10(12)17)5-3-2-4-6-11/h7,14H,2-6H2,1H3,(H2,12,17). The third kappa shape index (κ3) is 3.13. The predicted molar refractivity (Wildman–Crippen MR) is 79.8 cm³/mol. The van der Waals surface area contributed by atoms with Gasteiger partial charge < -0.3 is 5.73 Å². The van der Waals surface area contributed by atoms with E-state index < -0.39 is 15.6 Å². The fourth-order valence-corrected chi connectivity index (χ4v) is 5.20. The van der Waals surface area contributed by atoms with Crippen molar-refractivity contribution in [2.24, 2.45) is 5.73 Å². The first-order valence-electron chi connectivity index (χ1n) is 6.12. The lowest BCUT2D eigenvalue weighted by atomic mass is 9.82. The number of hydrogen-bond acceptors (Lipinski definition) is 5. The third-order valence-corrected chi connectivity index (χ3v) is 6.67. The number of aromatic nitrogens is 1. The molecule has 1 saturated carbocycles. The van der Waals surface area contributed by atoms with Crippen molar-refractivity contribution in [1.29, 1.82) is 0 Å². The molecule has 0 aliphatic heterocycles. The fourth-order valence-electron chi connectivity index (χ4n) is 2.33. The normalized spacial score (nSPS) is 19.2. The van der Waals surface area contributed by atoms with Crippen molar-refractivity contribution in [3.05, 3.63) is 11.2 Å². The Morgan fingerprint density at radius 3 is 2.58 bits per heavy atom. The van der Waals surface area contributed by atoms with Crippen LogP contribution >= 0.6 is 23.6 Å². The van der Waals surface area contributed by atoms with E-state index in [0.29, 0.717) is 17.8 Å². The highest BCUT2D eigenvalue weighted by Gasteiger charge is 2.39. The maximum atomic E-state index is 12.4. The summed E-state index contributed by atoms with van der Waals surface area (Å²) in [5.41, 5.74) is 5.01. The second-order valence-electron chi connectivity index (χ2n) is 4.81. The molecule has 5 nitrogen and oxygen atoms in total. The summed E-state index contributed by atoms with van der Waals surface area (Å²) >= 11 is 6.24. The minimum absolute atomic E-state index is 0.214. The van der Waals surface area contributed by atoms with Gasteiger partial charge in [0.25, 0.3) is 10.0 Å². The van der Waals surface area contributed by atoms with Crippen LogP contribution in [0.1, 0.15) is 37.1 Å². The Bertz CT molecular complexity index is 574. The molecule has 0 unspecified atom stereocenters. The first-order valence-corrected chi connectivity index (χ1v) is 8.83. The highest BCUT2D eigenvalue weighted by molar-refractivity contribution is 7.91.